The summed E-state index contributed by atoms with van der Waals surface area (Å²) in [5, 5.41) is 12.0. The van der Waals surface area contributed by atoms with Gasteiger partial charge in [-0.25, -0.2) is 0 Å². The summed E-state index contributed by atoms with van der Waals surface area (Å²) in [6.07, 6.45) is 4.27. The third-order valence-electron chi connectivity index (χ3n) is 3.87. The van der Waals surface area contributed by atoms with Gasteiger partial charge in [-0.15, -0.1) is 0 Å². The van der Waals surface area contributed by atoms with Crippen molar-refractivity contribution in [3.63, 3.8) is 0 Å². The van der Waals surface area contributed by atoms with E-state index in [0.717, 1.165) is 32.2 Å². The van der Waals surface area contributed by atoms with Crippen LogP contribution in [0.3, 0.4) is 0 Å². The van der Waals surface area contributed by atoms with Gasteiger partial charge in [0.1, 0.15) is 0 Å². The Morgan fingerprint density at radius 1 is 1.33 bits per heavy atom. The molecule has 5 heteroatoms. The lowest BCUT2D eigenvalue weighted by atomic mass is 9.91. The molecular weight excluding hydrogens is 232 g/mol. The van der Waals surface area contributed by atoms with Gasteiger partial charge in [0, 0.05) is 12.6 Å². The zero-order valence-corrected chi connectivity index (χ0v) is 10.9. The number of hydrogen-bond donors (Lipinski definition) is 2. The number of amides is 1. The zero-order chi connectivity index (χ0) is 13.1. The number of rotatable bonds is 5. The van der Waals surface area contributed by atoms with Crippen molar-refractivity contribution >= 4 is 11.9 Å². The molecule has 1 saturated heterocycles. The number of carboxylic acids is 1. The molecule has 1 saturated carbocycles. The van der Waals surface area contributed by atoms with Crippen molar-refractivity contribution in [2.75, 3.05) is 13.1 Å². The predicted molar refractivity (Wildman–Crippen MR) is 67.2 cm³/mol. The molecule has 0 aromatic carbocycles. The number of nitrogens with zero attached hydrogens (tertiary/aromatic N) is 1. The highest BCUT2D eigenvalue weighted by Crippen LogP contribution is 2.29. The number of carbonyl (C=O) groups is 2. The first-order valence-electron chi connectivity index (χ1n) is 6.85. The average Bonchev–Trinajstić information content (AvgIpc) is 3.13. The number of nitrogens with one attached hydrogen (secondary N) is 1. The van der Waals surface area contributed by atoms with Gasteiger partial charge in [0.2, 0.25) is 5.91 Å². The molecule has 2 atom stereocenters. The molecule has 2 N–H and O–H groups in total. The largest absolute Gasteiger partial charge is 0.481 e. The number of hydrogen-bond acceptors (Lipinski definition) is 3. The van der Waals surface area contributed by atoms with E-state index in [1.165, 1.54) is 0 Å². The highest BCUT2D eigenvalue weighted by atomic mass is 16.4. The third-order valence-corrected chi connectivity index (χ3v) is 3.87. The van der Waals surface area contributed by atoms with Crippen LogP contribution in [0.15, 0.2) is 0 Å². The molecule has 0 bridgehead atoms. The zero-order valence-electron chi connectivity index (χ0n) is 10.9. The van der Waals surface area contributed by atoms with E-state index in [4.69, 9.17) is 5.11 Å². The minimum atomic E-state index is -0.835. The fourth-order valence-electron chi connectivity index (χ4n) is 2.63. The molecule has 2 fully saturated rings. The number of carboxylic acid groups (broad SMARTS) is 1. The molecule has 1 amide bonds. The monoisotopic (exact) mass is 254 g/mol. The standard InChI is InChI=1S/C13H22N2O3/c1-9-3-2-7-14-12(9)13(18)15(10-4-5-10)8-6-11(16)17/h9-10,12,14H,2-8H2,1H3,(H,16,17). The van der Waals surface area contributed by atoms with E-state index in [9.17, 15) is 9.59 Å². The molecule has 5 nitrogen and oxygen atoms in total. The predicted octanol–water partition coefficient (Wildman–Crippen LogP) is 0.840. The lowest BCUT2D eigenvalue weighted by molar-refractivity contribution is -0.140. The molecule has 18 heavy (non-hydrogen) atoms. The average molecular weight is 254 g/mol. The van der Waals surface area contributed by atoms with E-state index in [1.54, 1.807) is 4.90 Å². The second kappa shape index (κ2) is 5.69. The van der Waals surface area contributed by atoms with E-state index in [1.807, 2.05) is 0 Å². The van der Waals surface area contributed by atoms with Gasteiger partial charge in [-0.2, -0.15) is 0 Å². The third kappa shape index (κ3) is 3.22. The maximum atomic E-state index is 12.5. The first kappa shape index (κ1) is 13.3. The topological polar surface area (TPSA) is 69.6 Å². The molecule has 0 spiro atoms. The van der Waals surface area contributed by atoms with Crippen molar-refractivity contribution in [1.82, 2.24) is 10.2 Å². The molecule has 1 aliphatic carbocycles. The highest BCUT2D eigenvalue weighted by molar-refractivity contribution is 5.83. The van der Waals surface area contributed by atoms with Crippen molar-refractivity contribution < 1.29 is 14.7 Å². The second-order valence-electron chi connectivity index (χ2n) is 5.46. The molecule has 2 unspecified atom stereocenters. The van der Waals surface area contributed by atoms with E-state index >= 15 is 0 Å². The van der Waals surface area contributed by atoms with Crippen LogP contribution in [-0.2, 0) is 9.59 Å². The Morgan fingerprint density at radius 2 is 2.06 bits per heavy atom. The highest BCUT2D eigenvalue weighted by Gasteiger charge is 2.38. The summed E-state index contributed by atoms with van der Waals surface area (Å²) >= 11 is 0. The van der Waals surface area contributed by atoms with Gasteiger partial charge in [-0.1, -0.05) is 6.92 Å². The van der Waals surface area contributed by atoms with E-state index in [-0.39, 0.29) is 24.4 Å². The second-order valence-corrected chi connectivity index (χ2v) is 5.46. The molecule has 1 aliphatic heterocycles. The molecule has 2 rings (SSSR count). The Balaban J connectivity index is 1.96. The lowest BCUT2D eigenvalue weighted by Gasteiger charge is -2.33. The molecule has 0 radical (unpaired) electrons. The molecule has 1 heterocycles. The molecule has 102 valence electrons. The maximum absolute atomic E-state index is 12.5. The van der Waals surface area contributed by atoms with Crippen molar-refractivity contribution in [1.29, 1.82) is 0 Å². The van der Waals surface area contributed by atoms with Crippen molar-refractivity contribution in [3.8, 4) is 0 Å². The van der Waals surface area contributed by atoms with Crippen LogP contribution in [0.5, 0.6) is 0 Å². The Kier molecular flexibility index (Phi) is 4.22. The Hall–Kier alpha value is -1.10. The first-order chi connectivity index (χ1) is 8.59. The van der Waals surface area contributed by atoms with E-state index < -0.39 is 5.97 Å². The summed E-state index contributed by atoms with van der Waals surface area (Å²) in [5.74, 6) is -0.388. The molecule has 2 aliphatic rings. The van der Waals surface area contributed by atoms with Gasteiger partial charge in [0.25, 0.3) is 0 Å². The van der Waals surface area contributed by atoms with Crippen LogP contribution in [0.25, 0.3) is 0 Å². The summed E-state index contributed by atoms with van der Waals surface area (Å²) in [5.41, 5.74) is 0. The van der Waals surface area contributed by atoms with Crippen LogP contribution in [0.1, 0.15) is 39.0 Å². The summed E-state index contributed by atoms with van der Waals surface area (Å²) in [4.78, 5) is 24.9. The summed E-state index contributed by atoms with van der Waals surface area (Å²) in [6.45, 7) is 3.33. The fraction of sp³-hybridized carbons (Fsp3) is 0.846. The van der Waals surface area contributed by atoms with Gasteiger partial charge < -0.3 is 15.3 Å². The van der Waals surface area contributed by atoms with Gasteiger partial charge in [0.05, 0.1) is 12.5 Å². The summed E-state index contributed by atoms with van der Waals surface area (Å²) in [7, 11) is 0. The molecular formula is C13H22N2O3. The normalized spacial score (nSPS) is 27.8. The fourth-order valence-corrected chi connectivity index (χ4v) is 2.63. The Morgan fingerprint density at radius 3 is 2.61 bits per heavy atom. The molecule has 0 aromatic rings. The van der Waals surface area contributed by atoms with Crippen LogP contribution in [0, 0.1) is 5.92 Å². The van der Waals surface area contributed by atoms with Gasteiger partial charge in [-0.05, 0) is 38.1 Å². The maximum Gasteiger partial charge on any atom is 0.305 e. The van der Waals surface area contributed by atoms with Crippen molar-refractivity contribution in [3.05, 3.63) is 0 Å². The van der Waals surface area contributed by atoms with Crippen molar-refractivity contribution in [2.45, 2.75) is 51.1 Å². The van der Waals surface area contributed by atoms with Crippen LogP contribution in [-0.4, -0.2) is 47.1 Å². The summed E-state index contributed by atoms with van der Waals surface area (Å²) < 4.78 is 0. The van der Waals surface area contributed by atoms with Crippen LogP contribution in [0.2, 0.25) is 0 Å². The lowest BCUT2D eigenvalue weighted by Crippen LogP contribution is -2.53. The molecule has 0 aromatic heterocycles. The van der Waals surface area contributed by atoms with Gasteiger partial charge >= 0.3 is 5.97 Å². The van der Waals surface area contributed by atoms with Gasteiger partial charge in [0.15, 0.2) is 0 Å². The SMILES string of the molecule is CC1CCCNC1C(=O)N(CCC(=O)O)C1CC1. The summed E-state index contributed by atoms with van der Waals surface area (Å²) in [6, 6.07) is 0.168. The Bertz CT molecular complexity index is 328. The van der Waals surface area contributed by atoms with Gasteiger partial charge in [-0.3, -0.25) is 9.59 Å². The first-order valence-corrected chi connectivity index (χ1v) is 6.85. The number of carbonyl (C=O) groups excluding carboxylic acids is 1. The smallest absolute Gasteiger partial charge is 0.305 e. The van der Waals surface area contributed by atoms with E-state index in [0.29, 0.717) is 12.5 Å². The number of piperidine rings is 1. The Labute approximate surface area is 108 Å². The van der Waals surface area contributed by atoms with Crippen LogP contribution >= 0.6 is 0 Å². The minimum absolute atomic E-state index is 0.0450. The van der Waals surface area contributed by atoms with Crippen LogP contribution in [0.4, 0.5) is 0 Å². The number of aliphatic carboxylic acids is 1. The van der Waals surface area contributed by atoms with Crippen molar-refractivity contribution in [2.24, 2.45) is 5.92 Å². The minimum Gasteiger partial charge on any atom is -0.481 e. The quantitative estimate of drug-likeness (QED) is 0.763. The van der Waals surface area contributed by atoms with E-state index in [2.05, 4.69) is 12.2 Å². The van der Waals surface area contributed by atoms with Crippen LogP contribution < -0.4 is 5.32 Å².